The first kappa shape index (κ1) is 13.6. The van der Waals surface area contributed by atoms with Gasteiger partial charge < -0.3 is 19.3 Å². The molecule has 0 atom stereocenters. The number of aromatic nitrogens is 2. The maximum atomic E-state index is 11.1. The molecule has 0 spiro atoms. The van der Waals surface area contributed by atoms with E-state index >= 15 is 0 Å². The zero-order valence-corrected chi connectivity index (χ0v) is 12.3. The predicted molar refractivity (Wildman–Crippen MR) is 82.4 cm³/mol. The van der Waals surface area contributed by atoms with Crippen LogP contribution in [0, 0.1) is 6.92 Å². The van der Waals surface area contributed by atoms with Crippen LogP contribution >= 0.6 is 0 Å². The van der Waals surface area contributed by atoms with Crippen molar-refractivity contribution in [2.75, 3.05) is 18.1 Å². The quantitative estimate of drug-likeness (QED) is 0.778. The van der Waals surface area contributed by atoms with E-state index in [1.807, 2.05) is 30.0 Å². The minimum absolute atomic E-state index is 0.104. The Hall–Kier alpha value is -3.09. The summed E-state index contributed by atoms with van der Waals surface area (Å²) < 4.78 is 10.9. The molecule has 0 aliphatic carbocycles. The normalized spacial score (nSPS) is 13.7. The highest BCUT2D eigenvalue weighted by molar-refractivity contribution is 5.89. The first-order valence-electron chi connectivity index (χ1n) is 7.13. The maximum absolute atomic E-state index is 11.1. The van der Waals surface area contributed by atoms with Crippen molar-refractivity contribution in [2.24, 2.45) is 0 Å². The minimum atomic E-state index is -1.03. The Kier molecular flexibility index (Phi) is 2.94. The second kappa shape index (κ2) is 4.98. The number of anilines is 2. The molecule has 3 heterocycles. The fourth-order valence-electron chi connectivity index (χ4n) is 2.69. The number of hydrogen-bond donors (Lipinski definition) is 1. The smallest absolute Gasteiger partial charge is 0.337 e. The molecule has 0 unspecified atom stereocenters. The predicted octanol–water partition coefficient (Wildman–Crippen LogP) is 2.76. The molecule has 1 aliphatic rings. The van der Waals surface area contributed by atoms with Gasteiger partial charge in [-0.2, -0.15) is 0 Å². The van der Waals surface area contributed by atoms with Gasteiger partial charge in [-0.15, -0.1) is 0 Å². The van der Waals surface area contributed by atoms with E-state index in [1.54, 1.807) is 0 Å². The molecule has 23 heavy (non-hydrogen) atoms. The number of hydrogen-bond acceptors (Lipinski definition) is 6. The van der Waals surface area contributed by atoms with Crippen LogP contribution in [0.1, 0.15) is 16.1 Å². The fourth-order valence-corrected chi connectivity index (χ4v) is 2.69. The van der Waals surface area contributed by atoms with E-state index in [0.29, 0.717) is 30.3 Å². The molecule has 2 aromatic heterocycles. The summed E-state index contributed by atoms with van der Waals surface area (Å²) in [6.45, 7) is 2.96. The Balaban J connectivity index is 1.79. The zero-order valence-electron chi connectivity index (χ0n) is 12.3. The van der Waals surface area contributed by atoms with Gasteiger partial charge in [0.25, 0.3) is 0 Å². The monoisotopic (exact) mass is 311 g/mol. The molecule has 116 valence electrons. The summed E-state index contributed by atoms with van der Waals surface area (Å²) in [5, 5.41) is 14.0. The first-order valence-corrected chi connectivity index (χ1v) is 7.13. The molecule has 0 fully saturated rings. The lowest BCUT2D eigenvalue weighted by molar-refractivity contribution is 0.0696. The Morgan fingerprint density at radius 3 is 3.04 bits per heavy atom. The van der Waals surface area contributed by atoms with Gasteiger partial charge in [0.05, 0.1) is 17.8 Å². The molecule has 0 bridgehead atoms. The molecule has 4 rings (SSSR count). The molecule has 0 saturated heterocycles. The van der Waals surface area contributed by atoms with Crippen LogP contribution in [-0.2, 0) is 0 Å². The van der Waals surface area contributed by atoms with Crippen LogP contribution in [0.15, 0.2) is 35.0 Å². The second-order valence-electron chi connectivity index (χ2n) is 5.30. The van der Waals surface area contributed by atoms with Crippen molar-refractivity contribution in [3.63, 3.8) is 0 Å². The number of nitrogens with zero attached hydrogens (tertiary/aromatic N) is 3. The van der Waals surface area contributed by atoms with Crippen molar-refractivity contribution >= 4 is 28.4 Å². The number of rotatable bonds is 2. The topological polar surface area (TPSA) is 88.7 Å². The molecule has 7 nitrogen and oxygen atoms in total. The summed E-state index contributed by atoms with van der Waals surface area (Å²) in [5.41, 5.74) is 2.55. The standard InChI is InChI=1S/C16H13N3O4/c1-9-12-3-2-11(7-13(12)23-18-9)19-4-5-22-14-6-10(16(20)21)8-17-15(14)19/h2-3,6-8H,4-5H2,1H3,(H,20,21). The molecular weight excluding hydrogens is 298 g/mol. The first-order chi connectivity index (χ1) is 11.1. The number of fused-ring (bicyclic) bond motifs is 2. The largest absolute Gasteiger partial charge is 0.488 e. The van der Waals surface area contributed by atoms with Gasteiger partial charge in [-0.05, 0) is 19.1 Å². The number of benzene rings is 1. The van der Waals surface area contributed by atoms with Gasteiger partial charge in [-0.25, -0.2) is 9.78 Å². The Morgan fingerprint density at radius 1 is 1.35 bits per heavy atom. The van der Waals surface area contributed by atoms with Crippen LogP contribution in [0.2, 0.25) is 0 Å². The Bertz CT molecular complexity index is 919. The van der Waals surface area contributed by atoms with E-state index in [2.05, 4.69) is 10.1 Å². The van der Waals surface area contributed by atoms with E-state index in [0.717, 1.165) is 16.8 Å². The van der Waals surface area contributed by atoms with Crippen molar-refractivity contribution in [2.45, 2.75) is 6.92 Å². The lowest BCUT2D eigenvalue weighted by Gasteiger charge is -2.30. The lowest BCUT2D eigenvalue weighted by Crippen LogP contribution is -2.29. The van der Waals surface area contributed by atoms with Crippen LogP contribution in [0.5, 0.6) is 5.75 Å². The van der Waals surface area contributed by atoms with E-state index in [1.165, 1.54) is 12.3 Å². The summed E-state index contributed by atoms with van der Waals surface area (Å²) in [5.74, 6) is 0.0291. The fraction of sp³-hybridized carbons (Fsp3) is 0.188. The van der Waals surface area contributed by atoms with Crippen LogP contribution in [0.25, 0.3) is 11.0 Å². The van der Waals surface area contributed by atoms with Crippen LogP contribution in [0.3, 0.4) is 0 Å². The Morgan fingerprint density at radius 2 is 2.22 bits per heavy atom. The van der Waals surface area contributed by atoms with Gasteiger partial charge in [0, 0.05) is 29.4 Å². The van der Waals surface area contributed by atoms with Crippen molar-refractivity contribution in [3.8, 4) is 5.75 Å². The number of carboxylic acids is 1. The molecule has 0 amide bonds. The summed E-state index contributed by atoms with van der Waals surface area (Å²) >= 11 is 0. The second-order valence-corrected chi connectivity index (χ2v) is 5.30. The average Bonchev–Trinajstić information content (AvgIpc) is 2.94. The van der Waals surface area contributed by atoms with Gasteiger partial charge in [0.15, 0.2) is 17.2 Å². The molecule has 1 aromatic carbocycles. The van der Waals surface area contributed by atoms with Crippen LogP contribution in [0.4, 0.5) is 11.5 Å². The third-order valence-electron chi connectivity index (χ3n) is 3.86. The minimum Gasteiger partial charge on any atom is -0.488 e. The van der Waals surface area contributed by atoms with E-state index in [-0.39, 0.29) is 5.56 Å². The van der Waals surface area contributed by atoms with Crippen molar-refractivity contribution in [1.29, 1.82) is 0 Å². The summed E-state index contributed by atoms with van der Waals surface area (Å²) in [6, 6.07) is 7.32. The van der Waals surface area contributed by atoms with Crippen LogP contribution < -0.4 is 9.64 Å². The van der Waals surface area contributed by atoms with Gasteiger partial charge in [-0.3, -0.25) is 0 Å². The highest BCUT2D eigenvalue weighted by Gasteiger charge is 2.23. The summed E-state index contributed by atoms with van der Waals surface area (Å²) in [6.07, 6.45) is 1.33. The van der Waals surface area contributed by atoms with Crippen molar-refractivity contribution < 1.29 is 19.2 Å². The number of pyridine rings is 1. The van der Waals surface area contributed by atoms with Gasteiger partial charge in [0.1, 0.15) is 6.61 Å². The average molecular weight is 311 g/mol. The van der Waals surface area contributed by atoms with Gasteiger partial charge >= 0.3 is 5.97 Å². The van der Waals surface area contributed by atoms with E-state index in [9.17, 15) is 4.79 Å². The van der Waals surface area contributed by atoms with Gasteiger partial charge in [0.2, 0.25) is 0 Å². The molecule has 0 saturated carbocycles. The zero-order chi connectivity index (χ0) is 16.0. The summed E-state index contributed by atoms with van der Waals surface area (Å²) in [4.78, 5) is 17.3. The van der Waals surface area contributed by atoms with Gasteiger partial charge in [-0.1, -0.05) is 5.16 Å². The molecule has 7 heteroatoms. The van der Waals surface area contributed by atoms with E-state index < -0.39 is 5.97 Å². The van der Waals surface area contributed by atoms with E-state index in [4.69, 9.17) is 14.4 Å². The number of carbonyl (C=O) groups is 1. The number of ether oxygens (including phenoxy) is 1. The number of carboxylic acid groups (broad SMARTS) is 1. The molecule has 0 radical (unpaired) electrons. The SMILES string of the molecule is Cc1noc2cc(N3CCOc4cc(C(=O)O)cnc43)ccc12. The third kappa shape index (κ3) is 2.17. The number of aromatic carboxylic acids is 1. The molecule has 3 aromatic rings. The van der Waals surface area contributed by atoms with Crippen molar-refractivity contribution in [3.05, 3.63) is 41.7 Å². The summed E-state index contributed by atoms with van der Waals surface area (Å²) in [7, 11) is 0. The van der Waals surface area contributed by atoms with Crippen molar-refractivity contribution in [1.82, 2.24) is 10.1 Å². The highest BCUT2D eigenvalue weighted by Crippen LogP contribution is 2.36. The molecular formula is C16H13N3O4. The third-order valence-corrected chi connectivity index (χ3v) is 3.86. The number of aryl methyl sites for hydroxylation is 1. The molecule has 1 N–H and O–H groups in total. The Labute approximate surface area is 131 Å². The lowest BCUT2D eigenvalue weighted by atomic mass is 10.1. The maximum Gasteiger partial charge on any atom is 0.337 e. The highest BCUT2D eigenvalue weighted by atomic mass is 16.5. The molecule has 1 aliphatic heterocycles. The van der Waals surface area contributed by atoms with Crippen LogP contribution in [-0.4, -0.2) is 34.4 Å².